The molecule has 0 rings (SSSR count). The van der Waals surface area contributed by atoms with Crippen molar-refractivity contribution < 1.29 is 28.6 Å². The van der Waals surface area contributed by atoms with Crippen molar-refractivity contribution in [3.05, 3.63) is 146 Å². The number of carbonyl (C=O) groups excluding carboxylic acids is 3. The Kier molecular flexibility index (Phi) is 41.3. The van der Waals surface area contributed by atoms with Gasteiger partial charge >= 0.3 is 17.9 Å². The molecular formula is C52H76O6. The van der Waals surface area contributed by atoms with Crippen LogP contribution in [0.25, 0.3) is 0 Å². The van der Waals surface area contributed by atoms with Crippen molar-refractivity contribution in [1.82, 2.24) is 0 Å². The van der Waals surface area contributed by atoms with E-state index in [0.29, 0.717) is 25.7 Å². The smallest absolute Gasteiger partial charge is 0.306 e. The van der Waals surface area contributed by atoms with Crippen LogP contribution in [0.3, 0.4) is 0 Å². The van der Waals surface area contributed by atoms with Gasteiger partial charge in [-0.25, -0.2) is 0 Å². The van der Waals surface area contributed by atoms with Crippen LogP contribution in [0.5, 0.6) is 0 Å². The summed E-state index contributed by atoms with van der Waals surface area (Å²) >= 11 is 0. The minimum atomic E-state index is -0.843. The van der Waals surface area contributed by atoms with Crippen LogP contribution in [0.1, 0.15) is 143 Å². The second-order valence-electron chi connectivity index (χ2n) is 13.7. The summed E-state index contributed by atoms with van der Waals surface area (Å²) in [6.07, 6.45) is 64.1. The lowest BCUT2D eigenvalue weighted by atomic mass is 10.1. The molecule has 1 unspecified atom stereocenters. The minimum Gasteiger partial charge on any atom is -0.462 e. The van der Waals surface area contributed by atoms with Crippen molar-refractivity contribution in [1.29, 1.82) is 0 Å². The third kappa shape index (κ3) is 42.4. The highest BCUT2D eigenvalue weighted by atomic mass is 16.6. The molecule has 0 heterocycles. The molecule has 0 N–H and O–H groups in total. The fourth-order valence-corrected chi connectivity index (χ4v) is 5.07. The van der Waals surface area contributed by atoms with Crippen molar-refractivity contribution in [3.63, 3.8) is 0 Å². The number of hydrogen-bond acceptors (Lipinski definition) is 6. The van der Waals surface area contributed by atoms with Gasteiger partial charge in [-0.1, -0.05) is 192 Å². The Balaban J connectivity index is 4.58. The lowest BCUT2D eigenvalue weighted by molar-refractivity contribution is -0.167. The van der Waals surface area contributed by atoms with E-state index in [1.807, 2.05) is 91.1 Å². The molecule has 0 amide bonds. The van der Waals surface area contributed by atoms with Gasteiger partial charge in [0.25, 0.3) is 0 Å². The van der Waals surface area contributed by atoms with Gasteiger partial charge in [0.15, 0.2) is 6.10 Å². The highest BCUT2D eigenvalue weighted by Gasteiger charge is 2.19. The maximum Gasteiger partial charge on any atom is 0.306 e. The Morgan fingerprint density at radius 3 is 1.33 bits per heavy atom. The largest absolute Gasteiger partial charge is 0.462 e. The first kappa shape index (κ1) is 53.3. The van der Waals surface area contributed by atoms with Crippen LogP contribution in [0.4, 0.5) is 0 Å². The molecule has 0 aliphatic rings. The summed E-state index contributed by atoms with van der Waals surface area (Å²) in [5, 5.41) is 0. The highest BCUT2D eigenvalue weighted by Crippen LogP contribution is 2.10. The maximum atomic E-state index is 12.7. The highest BCUT2D eigenvalue weighted by molar-refractivity contribution is 5.71. The summed E-state index contributed by atoms with van der Waals surface area (Å²) in [5.41, 5.74) is 0. The van der Waals surface area contributed by atoms with Crippen LogP contribution in [0, 0.1) is 0 Å². The number of esters is 3. The number of rotatable bonds is 36. The molecule has 0 aliphatic carbocycles. The second kappa shape index (κ2) is 45.0. The van der Waals surface area contributed by atoms with Crippen LogP contribution in [-0.4, -0.2) is 37.2 Å². The zero-order chi connectivity index (χ0) is 42.3. The molecule has 0 aromatic carbocycles. The molecule has 0 spiro atoms. The molecule has 6 heteroatoms. The molecule has 6 nitrogen and oxygen atoms in total. The molecule has 58 heavy (non-hydrogen) atoms. The lowest BCUT2D eigenvalue weighted by Gasteiger charge is -2.18. The summed E-state index contributed by atoms with van der Waals surface area (Å²) in [7, 11) is 0. The van der Waals surface area contributed by atoms with E-state index >= 15 is 0 Å². The van der Waals surface area contributed by atoms with Gasteiger partial charge in [0, 0.05) is 19.3 Å². The lowest BCUT2D eigenvalue weighted by Crippen LogP contribution is -2.30. The number of unbranched alkanes of at least 4 members (excludes halogenated alkanes) is 9. The SMILES string of the molecule is CC\C=C/C=C\C=C/C=C\C=C/CCCC(=O)OC(COC(=O)CCCC/C=C\C/C=C\CC)COC(=O)CCCCCCC\C=C/C=C\C=C/C=C\C=C/CCC. The first-order valence-electron chi connectivity index (χ1n) is 22.0. The monoisotopic (exact) mass is 797 g/mol. The van der Waals surface area contributed by atoms with E-state index < -0.39 is 12.1 Å². The molecule has 0 fully saturated rings. The molecule has 0 saturated heterocycles. The first-order chi connectivity index (χ1) is 28.5. The second-order valence-corrected chi connectivity index (χ2v) is 13.7. The number of hydrogen-bond donors (Lipinski definition) is 0. The zero-order valence-corrected chi connectivity index (χ0v) is 36.2. The van der Waals surface area contributed by atoms with Gasteiger partial charge in [-0.2, -0.15) is 0 Å². The summed E-state index contributed by atoms with van der Waals surface area (Å²) in [6.45, 7) is 6.11. The molecule has 0 bridgehead atoms. The normalized spacial score (nSPS) is 13.5. The van der Waals surface area contributed by atoms with Gasteiger partial charge in [-0.3, -0.25) is 14.4 Å². The molecule has 0 aromatic heterocycles. The number of ether oxygens (including phenoxy) is 3. The van der Waals surface area contributed by atoms with Crippen LogP contribution < -0.4 is 0 Å². The standard InChI is InChI=1S/C52H76O6/c1-4-7-10-13-16-19-21-23-24-25-26-27-29-30-33-36-39-42-45-51(54)57-48-49(47-56-50(53)44-41-38-35-32-18-15-12-9-6-3)58-52(55)46-43-40-37-34-31-28-22-20-17-14-11-8-5-2/h8-14,16-28,31-32,34,37,49H,4-7,15,29-30,33,35-36,38-48H2,1-3H3/b11-8-,12-9-,13-10-,17-14-,19-16-,22-20-,23-21-,25-24-,27-26-,31-28-,32-18-,37-34-. The molecule has 0 aromatic rings. The Morgan fingerprint density at radius 2 is 0.776 bits per heavy atom. The summed E-state index contributed by atoms with van der Waals surface area (Å²) in [6, 6.07) is 0. The van der Waals surface area contributed by atoms with Crippen LogP contribution in [-0.2, 0) is 28.6 Å². The van der Waals surface area contributed by atoms with E-state index in [9.17, 15) is 14.4 Å². The van der Waals surface area contributed by atoms with Gasteiger partial charge in [0.1, 0.15) is 13.2 Å². The summed E-state index contributed by atoms with van der Waals surface area (Å²) in [5.74, 6) is -1.09. The molecular weight excluding hydrogens is 721 g/mol. The van der Waals surface area contributed by atoms with E-state index in [1.165, 1.54) is 6.42 Å². The van der Waals surface area contributed by atoms with Crippen molar-refractivity contribution in [3.8, 4) is 0 Å². The van der Waals surface area contributed by atoms with Crippen molar-refractivity contribution in [2.24, 2.45) is 0 Å². The summed E-state index contributed by atoms with van der Waals surface area (Å²) < 4.78 is 16.5. The van der Waals surface area contributed by atoms with Crippen LogP contribution in [0.15, 0.2) is 146 Å². The van der Waals surface area contributed by atoms with Gasteiger partial charge in [-0.05, 0) is 77.0 Å². The molecule has 0 radical (unpaired) electrons. The Bertz CT molecular complexity index is 1380. The predicted molar refractivity (Wildman–Crippen MR) is 246 cm³/mol. The molecule has 320 valence electrons. The van der Waals surface area contributed by atoms with Crippen molar-refractivity contribution in [2.45, 2.75) is 149 Å². The van der Waals surface area contributed by atoms with Gasteiger partial charge in [-0.15, -0.1) is 0 Å². The van der Waals surface area contributed by atoms with E-state index in [4.69, 9.17) is 14.2 Å². The Hall–Kier alpha value is -4.71. The van der Waals surface area contributed by atoms with Crippen molar-refractivity contribution >= 4 is 17.9 Å². The van der Waals surface area contributed by atoms with E-state index in [1.54, 1.807) is 0 Å². The van der Waals surface area contributed by atoms with E-state index in [0.717, 1.165) is 77.0 Å². The average Bonchev–Trinajstić information content (AvgIpc) is 3.22. The maximum absolute atomic E-state index is 12.7. The average molecular weight is 797 g/mol. The van der Waals surface area contributed by atoms with Crippen molar-refractivity contribution in [2.75, 3.05) is 13.2 Å². The molecule has 1 atom stereocenters. The fraction of sp³-hybridized carbons (Fsp3) is 0.481. The van der Waals surface area contributed by atoms with E-state index in [-0.39, 0.29) is 38.0 Å². The predicted octanol–water partition coefficient (Wildman–Crippen LogP) is 14.1. The fourth-order valence-electron chi connectivity index (χ4n) is 5.07. The number of allylic oxidation sites excluding steroid dienone is 24. The van der Waals surface area contributed by atoms with E-state index in [2.05, 4.69) is 75.5 Å². The summed E-state index contributed by atoms with van der Waals surface area (Å²) in [4.78, 5) is 37.6. The molecule has 0 saturated carbocycles. The van der Waals surface area contributed by atoms with Gasteiger partial charge < -0.3 is 14.2 Å². The van der Waals surface area contributed by atoms with Gasteiger partial charge in [0.2, 0.25) is 0 Å². The Morgan fingerprint density at radius 1 is 0.379 bits per heavy atom. The number of carbonyl (C=O) groups is 3. The first-order valence-corrected chi connectivity index (χ1v) is 22.0. The quantitative estimate of drug-likeness (QED) is 0.0207. The molecule has 0 aliphatic heterocycles. The third-order valence-electron chi connectivity index (χ3n) is 8.30. The minimum absolute atomic E-state index is 0.138. The zero-order valence-electron chi connectivity index (χ0n) is 36.2. The van der Waals surface area contributed by atoms with Crippen LogP contribution in [0.2, 0.25) is 0 Å². The Labute approximate surface area is 353 Å². The van der Waals surface area contributed by atoms with Gasteiger partial charge in [0.05, 0.1) is 0 Å². The third-order valence-corrected chi connectivity index (χ3v) is 8.30. The van der Waals surface area contributed by atoms with Crippen LogP contribution >= 0.6 is 0 Å². The topological polar surface area (TPSA) is 78.9 Å².